The Hall–Kier alpha value is -1.86. The first-order valence-electron chi connectivity index (χ1n) is 5.99. The minimum Gasteiger partial charge on any atom is -0.467 e. The number of amides is 2. The van der Waals surface area contributed by atoms with E-state index >= 15 is 0 Å². The second-order valence-corrected chi connectivity index (χ2v) is 4.63. The fourth-order valence-electron chi connectivity index (χ4n) is 1.66. The summed E-state index contributed by atoms with van der Waals surface area (Å²) in [5.74, 6) is 5.07. The van der Waals surface area contributed by atoms with Gasteiger partial charge in [0.25, 0.3) is 5.91 Å². The first-order valence-corrected chi connectivity index (χ1v) is 5.99. The van der Waals surface area contributed by atoms with Crippen molar-refractivity contribution in [2.24, 2.45) is 5.84 Å². The molecule has 1 aromatic heterocycles. The standard InChI is InChI=1S/C12H20N4O3/c1-8(2)14-11(17)7-16(3)6-10-9(4-5-19-10)12(18)15-13/h4-5,8H,6-7,13H2,1-3H3,(H,14,17)(H,15,18). The number of furan rings is 1. The SMILES string of the molecule is CC(C)NC(=O)CN(C)Cc1occc1C(=O)NN. The van der Waals surface area contributed by atoms with Crippen molar-refractivity contribution in [2.75, 3.05) is 13.6 Å². The quantitative estimate of drug-likeness (QED) is 0.378. The second kappa shape index (κ2) is 6.91. The number of rotatable bonds is 6. The summed E-state index contributed by atoms with van der Waals surface area (Å²) in [6.07, 6.45) is 1.42. The lowest BCUT2D eigenvalue weighted by Crippen LogP contribution is -2.38. The molecule has 19 heavy (non-hydrogen) atoms. The highest BCUT2D eigenvalue weighted by molar-refractivity contribution is 5.94. The zero-order valence-electron chi connectivity index (χ0n) is 11.4. The number of hydrazine groups is 1. The van der Waals surface area contributed by atoms with E-state index in [4.69, 9.17) is 10.3 Å². The van der Waals surface area contributed by atoms with Crippen molar-refractivity contribution in [3.05, 3.63) is 23.7 Å². The van der Waals surface area contributed by atoms with Gasteiger partial charge in [-0.1, -0.05) is 0 Å². The Labute approximate surface area is 112 Å². The van der Waals surface area contributed by atoms with E-state index in [1.807, 2.05) is 13.8 Å². The maximum atomic E-state index is 11.6. The minimum absolute atomic E-state index is 0.0751. The number of carbonyl (C=O) groups is 2. The van der Waals surface area contributed by atoms with Gasteiger partial charge in [-0.15, -0.1) is 0 Å². The molecule has 7 nitrogen and oxygen atoms in total. The number of carbonyl (C=O) groups excluding carboxylic acids is 2. The summed E-state index contributed by atoms with van der Waals surface area (Å²) in [4.78, 5) is 24.8. The van der Waals surface area contributed by atoms with Gasteiger partial charge >= 0.3 is 0 Å². The second-order valence-electron chi connectivity index (χ2n) is 4.63. The fourth-order valence-corrected chi connectivity index (χ4v) is 1.66. The van der Waals surface area contributed by atoms with Crippen LogP contribution in [0.1, 0.15) is 30.0 Å². The molecule has 1 aromatic rings. The predicted octanol–water partition coefficient (Wildman–Crippen LogP) is -0.160. The van der Waals surface area contributed by atoms with Crippen molar-refractivity contribution < 1.29 is 14.0 Å². The molecule has 0 unspecified atom stereocenters. The van der Waals surface area contributed by atoms with Crippen molar-refractivity contribution >= 4 is 11.8 Å². The predicted molar refractivity (Wildman–Crippen MR) is 70.0 cm³/mol. The maximum Gasteiger partial charge on any atom is 0.268 e. The van der Waals surface area contributed by atoms with Crippen LogP contribution >= 0.6 is 0 Å². The first kappa shape index (κ1) is 15.2. The summed E-state index contributed by atoms with van der Waals surface area (Å²) in [6.45, 7) is 4.37. The summed E-state index contributed by atoms with van der Waals surface area (Å²) in [5.41, 5.74) is 2.42. The Morgan fingerprint density at radius 3 is 2.74 bits per heavy atom. The molecule has 2 amide bonds. The van der Waals surface area contributed by atoms with Crippen LogP contribution in [-0.4, -0.2) is 36.3 Å². The number of nitrogens with one attached hydrogen (secondary N) is 2. The monoisotopic (exact) mass is 268 g/mol. The third-order valence-corrected chi connectivity index (χ3v) is 2.40. The first-order chi connectivity index (χ1) is 8.93. The molecule has 0 spiro atoms. The van der Waals surface area contributed by atoms with Crippen LogP contribution in [0.4, 0.5) is 0 Å². The van der Waals surface area contributed by atoms with Gasteiger partial charge in [0.1, 0.15) is 5.76 Å². The van der Waals surface area contributed by atoms with Crippen LogP contribution in [0.15, 0.2) is 16.7 Å². The fraction of sp³-hybridized carbons (Fsp3) is 0.500. The smallest absolute Gasteiger partial charge is 0.268 e. The lowest BCUT2D eigenvalue weighted by molar-refractivity contribution is -0.122. The summed E-state index contributed by atoms with van der Waals surface area (Å²) < 4.78 is 5.23. The molecule has 1 heterocycles. The van der Waals surface area contributed by atoms with Crippen molar-refractivity contribution in [3.63, 3.8) is 0 Å². The summed E-state index contributed by atoms with van der Waals surface area (Å²) in [5, 5.41) is 2.79. The van der Waals surface area contributed by atoms with E-state index in [1.54, 1.807) is 18.0 Å². The summed E-state index contributed by atoms with van der Waals surface area (Å²) in [7, 11) is 1.77. The molecule has 1 rings (SSSR count). The Balaban J connectivity index is 2.57. The van der Waals surface area contributed by atoms with E-state index in [2.05, 4.69) is 10.7 Å². The van der Waals surface area contributed by atoms with E-state index in [-0.39, 0.29) is 18.5 Å². The Bertz CT molecular complexity index is 442. The van der Waals surface area contributed by atoms with Gasteiger partial charge < -0.3 is 9.73 Å². The van der Waals surface area contributed by atoms with E-state index in [0.717, 1.165) is 0 Å². The highest BCUT2D eigenvalue weighted by atomic mass is 16.3. The van der Waals surface area contributed by atoms with Crippen LogP contribution < -0.4 is 16.6 Å². The molecule has 0 aliphatic heterocycles. The van der Waals surface area contributed by atoms with Gasteiger partial charge in [0.15, 0.2) is 0 Å². The van der Waals surface area contributed by atoms with E-state index in [1.165, 1.54) is 6.26 Å². The molecule has 0 saturated carbocycles. The molecule has 0 saturated heterocycles. The third-order valence-electron chi connectivity index (χ3n) is 2.40. The number of hydrogen-bond donors (Lipinski definition) is 3. The average molecular weight is 268 g/mol. The Kier molecular flexibility index (Phi) is 5.53. The molecule has 0 fully saturated rings. The van der Waals surface area contributed by atoms with Crippen LogP contribution in [0.25, 0.3) is 0 Å². The van der Waals surface area contributed by atoms with Gasteiger partial charge in [-0.2, -0.15) is 0 Å². The van der Waals surface area contributed by atoms with Crippen molar-refractivity contribution in [1.82, 2.24) is 15.6 Å². The van der Waals surface area contributed by atoms with Crippen LogP contribution in [0.2, 0.25) is 0 Å². The maximum absolute atomic E-state index is 11.6. The highest BCUT2D eigenvalue weighted by Crippen LogP contribution is 2.12. The number of nitrogen functional groups attached to an aromatic ring is 1. The number of nitrogens with two attached hydrogens (primary N) is 1. The highest BCUT2D eigenvalue weighted by Gasteiger charge is 2.16. The largest absolute Gasteiger partial charge is 0.467 e. The summed E-state index contributed by atoms with van der Waals surface area (Å²) >= 11 is 0. The topological polar surface area (TPSA) is 101 Å². The number of hydrogen-bond acceptors (Lipinski definition) is 5. The van der Waals surface area contributed by atoms with Crippen LogP contribution in [0.3, 0.4) is 0 Å². The van der Waals surface area contributed by atoms with E-state index in [0.29, 0.717) is 17.9 Å². The van der Waals surface area contributed by atoms with Crippen molar-refractivity contribution in [2.45, 2.75) is 26.4 Å². The molecule has 7 heteroatoms. The van der Waals surface area contributed by atoms with Gasteiger partial charge in [-0.05, 0) is 27.0 Å². The molecule has 0 radical (unpaired) electrons. The zero-order chi connectivity index (χ0) is 14.4. The lowest BCUT2D eigenvalue weighted by Gasteiger charge is -2.16. The van der Waals surface area contributed by atoms with E-state index < -0.39 is 5.91 Å². The van der Waals surface area contributed by atoms with Gasteiger partial charge in [0.2, 0.25) is 5.91 Å². The molecular formula is C12H20N4O3. The van der Waals surface area contributed by atoms with Gasteiger partial charge in [-0.3, -0.25) is 19.9 Å². The van der Waals surface area contributed by atoms with Crippen molar-refractivity contribution in [3.8, 4) is 0 Å². The van der Waals surface area contributed by atoms with Crippen LogP contribution in [-0.2, 0) is 11.3 Å². The van der Waals surface area contributed by atoms with Crippen molar-refractivity contribution in [1.29, 1.82) is 0 Å². The third kappa shape index (κ3) is 4.72. The number of nitrogens with zero attached hydrogens (tertiary/aromatic N) is 1. The number of likely N-dealkylation sites (N-methyl/N-ethyl adjacent to an activating group) is 1. The normalized spacial score (nSPS) is 10.8. The molecule has 0 atom stereocenters. The van der Waals surface area contributed by atoms with Gasteiger partial charge in [0.05, 0.1) is 24.9 Å². The molecule has 0 aromatic carbocycles. The Morgan fingerprint density at radius 2 is 2.16 bits per heavy atom. The molecule has 106 valence electrons. The van der Waals surface area contributed by atoms with E-state index in [9.17, 15) is 9.59 Å². The van der Waals surface area contributed by atoms with Crippen LogP contribution in [0, 0.1) is 0 Å². The lowest BCUT2D eigenvalue weighted by atomic mass is 10.2. The van der Waals surface area contributed by atoms with Gasteiger partial charge in [-0.25, -0.2) is 5.84 Å². The molecule has 0 aliphatic carbocycles. The Morgan fingerprint density at radius 1 is 1.47 bits per heavy atom. The molecule has 0 aliphatic rings. The average Bonchev–Trinajstić information content (AvgIpc) is 2.74. The van der Waals surface area contributed by atoms with Crippen LogP contribution in [0.5, 0.6) is 0 Å². The van der Waals surface area contributed by atoms with Gasteiger partial charge in [0, 0.05) is 6.04 Å². The molecule has 4 N–H and O–H groups in total. The zero-order valence-corrected chi connectivity index (χ0v) is 11.4. The summed E-state index contributed by atoms with van der Waals surface area (Å²) in [6, 6.07) is 1.64. The molecule has 0 bridgehead atoms. The minimum atomic E-state index is -0.413. The molecular weight excluding hydrogens is 248 g/mol.